The van der Waals surface area contributed by atoms with Gasteiger partial charge >= 0.3 is 0 Å². The van der Waals surface area contributed by atoms with Gasteiger partial charge in [0.15, 0.2) is 5.96 Å². The maximum Gasteiger partial charge on any atom is 0.191 e. The topological polar surface area (TPSA) is 54.9 Å². The molecule has 0 bridgehead atoms. The van der Waals surface area contributed by atoms with Crippen LogP contribution in [0.15, 0.2) is 29.3 Å². The van der Waals surface area contributed by atoms with Crippen LogP contribution in [0.5, 0.6) is 11.5 Å². The van der Waals surface area contributed by atoms with Gasteiger partial charge in [-0.1, -0.05) is 19.9 Å². The van der Waals surface area contributed by atoms with Gasteiger partial charge in [0.1, 0.15) is 17.6 Å². The molecule has 1 aromatic carbocycles. The molecule has 0 aliphatic carbocycles. The molecule has 0 fully saturated rings. The van der Waals surface area contributed by atoms with Crippen molar-refractivity contribution in [2.45, 2.75) is 33.8 Å². The molecule has 5 heteroatoms. The monoisotopic (exact) mass is 307 g/mol. The summed E-state index contributed by atoms with van der Waals surface area (Å²) < 4.78 is 11.1. The fraction of sp³-hybridized carbons (Fsp3) is 0.588. The largest absolute Gasteiger partial charge is 0.497 e. The number of hydrogen-bond acceptors (Lipinski definition) is 3. The van der Waals surface area contributed by atoms with Gasteiger partial charge in [-0.15, -0.1) is 0 Å². The van der Waals surface area contributed by atoms with Gasteiger partial charge in [-0.2, -0.15) is 0 Å². The van der Waals surface area contributed by atoms with Crippen LogP contribution in [0.3, 0.4) is 0 Å². The molecule has 1 aromatic rings. The van der Waals surface area contributed by atoms with Crippen molar-refractivity contribution in [3.8, 4) is 11.5 Å². The number of nitrogens with zero attached hydrogens (tertiary/aromatic N) is 1. The molecule has 0 saturated heterocycles. The smallest absolute Gasteiger partial charge is 0.191 e. The standard InChI is InChI=1S/C17H29N3O2/c1-6-18-17(19-11-13(2)3)20-12-14(4)22-16-9-7-8-15(10-16)21-5/h7-10,13-14H,6,11-12H2,1-5H3,(H2,18,19,20). The number of aliphatic imine (C=N–C) groups is 1. The van der Waals surface area contributed by atoms with Gasteiger partial charge in [0.2, 0.25) is 0 Å². The molecule has 0 amide bonds. The lowest BCUT2D eigenvalue weighted by Gasteiger charge is -2.18. The van der Waals surface area contributed by atoms with Crippen molar-refractivity contribution < 1.29 is 9.47 Å². The Morgan fingerprint density at radius 2 is 1.91 bits per heavy atom. The number of rotatable bonds is 8. The summed E-state index contributed by atoms with van der Waals surface area (Å²) in [6, 6.07) is 7.63. The molecule has 5 nitrogen and oxygen atoms in total. The van der Waals surface area contributed by atoms with E-state index in [0.29, 0.717) is 12.5 Å². The lowest BCUT2D eigenvalue weighted by molar-refractivity contribution is 0.223. The molecular weight excluding hydrogens is 278 g/mol. The van der Waals surface area contributed by atoms with Crippen molar-refractivity contribution in [1.82, 2.24) is 10.6 Å². The molecular formula is C17H29N3O2. The summed E-state index contributed by atoms with van der Waals surface area (Å²) in [7, 11) is 1.65. The van der Waals surface area contributed by atoms with E-state index in [9.17, 15) is 0 Å². The van der Waals surface area contributed by atoms with Crippen LogP contribution in [-0.2, 0) is 0 Å². The minimum absolute atomic E-state index is 0.0232. The van der Waals surface area contributed by atoms with E-state index in [-0.39, 0.29) is 6.10 Å². The van der Waals surface area contributed by atoms with Crippen LogP contribution in [0, 0.1) is 5.92 Å². The molecule has 0 heterocycles. The van der Waals surface area contributed by atoms with E-state index >= 15 is 0 Å². The molecule has 1 rings (SSSR count). The third-order valence-corrected chi connectivity index (χ3v) is 2.89. The van der Waals surface area contributed by atoms with Crippen LogP contribution >= 0.6 is 0 Å². The van der Waals surface area contributed by atoms with Crippen LogP contribution in [0.25, 0.3) is 0 Å². The fourth-order valence-electron chi connectivity index (χ4n) is 1.80. The highest BCUT2D eigenvalue weighted by atomic mass is 16.5. The van der Waals surface area contributed by atoms with Gasteiger partial charge in [0, 0.05) is 19.2 Å². The Morgan fingerprint density at radius 3 is 2.55 bits per heavy atom. The zero-order chi connectivity index (χ0) is 16.4. The quantitative estimate of drug-likeness (QED) is 0.573. The number of benzene rings is 1. The highest BCUT2D eigenvalue weighted by molar-refractivity contribution is 5.79. The molecule has 0 saturated carbocycles. The van der Waals surface area contributed by atoms with Crippen molar-refractivity contribution in [2.24, 2.45) is 10.9 Å². The normalized spacial score (nSPS) is 12.9. The molecule has 1 atom stereocenters. The van der Waals surface area contributed by atoms with E-state index in [1.807, 2.05) is 31.2 Å². The average molecular weight is 307 g/mol. The first-order chi connectivity index (χ1) is 10.5. The predicted octanol–water partition coefficient (Wildman–Crippen LogP) is 2.67. The average Bonchev–Trinajstić information content (AvgIpc) is 2.50. The summed E-state index contributed by atoms with van der Waals surface area (Å²) in [5.74, 6) is 2.97. The van der Waals surface area contributed by atoms with E-state index in [4.69, 9.17) is 9.47 Å². The van der Waals surface area contributed by atoms with Crippen LogP contribution < -0.4 is 20.1 Å². The molecule has 2 N–H and O–H groups in total. The lowest BCUT2D eigenvalue weighted by atomic mass is 10.2. The molecule has 1 unspecified atom stereocenters. The third kappa shape index (κ3) is 7.20. The number of guanidine groups is 1. The van der Waals surface area contributed by atoms with E-state index in [1.165, 1.54) is 0 Å². The van der Waals surface area contributed by atoms with Gasteiger partial charge in [0.05, 0.1) is 13.7 Å². The summed E-state index contributed by atoms with van der Waals surface area (Å²) in [4.78, 5) is 4.54. The Kier molecular flexibility index (Phi) is 8.18. The first-order valence-electron chi connectivity index (χ1n) is 7.88. The molecule has 0 spiro atoms. The minimum atomic E-state index is 0.0232. The van der Waals surface area contributed by atoms with Crippen molar-refractivity contribution in [3.05, 3.63) is 24.3 Å². The predicted molar refractivity (Wildman–Crippen MR) is 91.9 cm³/mol. The minimum Gasteiger partial charge on any atom is -0.497 e. The molecule has 0 radical (unpaired) electrons. The van der Waals surface area contributed by atoms with Gasteiger partial charge < -0.3 is 20.1 Å². The Balaban J connectivity index is 2.48. The van der Waals surface area contributed by atoms with E-state index < -0.39 is 0 Å². The lowest BCUT2D eigenvalue weighted by Crippen LogP contribution is -2.42. The number of hydrogen-bond donors (Lipinski definition) is 2. The summed E-state index contributed by atoms with van der Waals surface area (Å²) in [6.45, 7) is 10.7. The van der Waals surface area contributed by atoms with Crippen LogP contribution in [0.2, 0.25) is 0 Å². The third-order valence-electron chi connectivity index (χ3n) is 2.89. The first kappa shape index (κ1) is 18.1. The van der Waals surface area contributed by atoms with Crippen molar-refractivity contribution in [2.75, 3.05) is 26.7 Å². The van der Waals surface area contributed by atoms with Crippen molar-refractivity contribution >= 4 is 5.96 Å². The Morgan fingerprint density at radius 1 is 1.18 bits per heavy atom. The van der Waals surface area contributed by atoms with Gasteiger partial charge in [-0.05, 0) is 31.9 Å². The summed E-state index contributed by atoms with van der Waals surface area (Å²) in [5.41, 5.74) is 0. The first-order valence-corrected chi connectivity index (χ1v) is 7.88. The van der Waals surface area contributed by atoms with Crippen LogP contribution in [-0.4, -0.2) is 38.8 Å². The summed E-state index contributed by atoms with van der Waals surface area (Å²) in [6.07, 6.45) is 0.0232. The molecule has 22 heavy (non-hydrogen) atoms. The van der Waals surface area contributed by atoms with Gasteiger partial charge in [-0.3, -0.25) is 4.99 Å². The van der Waals surface area contributed by atoms with Gasteiger partial charge in [-0.25, -0.2) is 0 Å². The van der Waals surface area contributed by atoms with Crippen molar-refractivity contribution in [3.63, 3.8) is 0 Å². The second-order valence-electron chi connectivity index (χ2n) is 5.60. The van der Waals surface area contributed by atoms with Crippen LogP contribution in [0.1, 0.15) is 27.7 Å². The van der Waals surface area contributed by atoms with Gasteiger partial charge in [0.25, 0.3) is 0 Å². The Hall–Kier alpha value is -1.91. The Bertz CT molecular complexity index is 461. The van der Waals surface area contributed by atoms with E-state index in [0.717, 1.165) is 30.5 Å². The van der Waals surface area contributed by atoms with E-state index in [1.54, 1.807) is 7.11 Å². The summed E-state index contributed by atoms with van der Waals surface area (Å²) >= 11 is 0. The SMILES string of the molecule is CCNC(=NCC(C)C)NCC(C)Oc1cccc(OC)c1. The highest BCUT2D eigenvalue weighted by Gasteiger charge is 2.06. The fourth-order valence-corrected chi connectivity index (χ4v) is 1.80. The number of ether oxygens (including phenoxy) is 2. The molecule has 124 valence electrons. The molecule has 0 aliphatic rings. The second-order valence-corrected chi connectivity index (χ2v) is 5.60. The van der Waals surface area contributed by atoms with E-state index in [2.05, 4.69) is 36.4 Å². The summed E-state index contributed by atoms with van der Waals surface area (Å²) in [5, 5.41) is 6.55. The molecule has 0 aliphatic heterocycles. The maximum absolute atomic E-state index is 5.89. The van der Waals surface area contributed by atoms with Crippen LogP contribution in [0.4, 0.5) is 0 Å². The second kappa shape index (κ2) is 9.92. The maximum atomic E-state index is 5.89. The zero-order valence-electron chi connectivity index (χ0n) is 14.3. The number of methoxy groups -OCH3 is 1. The Labute approximate surface area is 134 Å². The number of nitrogens with one attached hydrogen (secondary N) is 2. The van der Waals surface area contributed by atoms with Crippen molar-refractivity contribution in [1.29, 1.82) is 0 Å². The zero-order valence-corrected chi connectivity index (χ0v) is 14.3. The highest BCUT2D eigenvalue weighted by Crippen LogP contribution is 2.19. The molecule has 0 aromatic heterocycles.